The Hall–Kier alpha value is -2.34. The number of morpholine rings is 1. The molecule has 0 saturated carbocycles. The number of esters is 1. The number of aromatic nitrogens is 1. The molecule has 0 unspecified atom stereocenters. The zero-order valence-electron chi connectivity index (χ0n) is 16.7. The molecule has 0 bridgehead atoms. The number of amides is 1. The summed E-state index contributed by atoms with van der Waals surface area (Å²) < 4.78 is 11.1. The van der Waals surface area contributed by atoms with Crippen molar-refractivity contribution in [2.45, 2.75) is 59.4 Å². The first-order valence-electron chi connectivity index (χ1n) is 9.46. The largest absolute Gasteiger partial charge is 0.452 e. The molecule has 2 aromatic rings. The summed E-state index contributed by atoms with van der Waals surface area (Å²) in [6.07, 6.45) is -0.694. The van der Waals surface area contributed by atoms with Gasteiger partial charge in [0, 0.05) is 29.7 Å². The zero-order chi connectivity index (χ0) is 19.7. The third-order valence-corrected chi connectivity index (χ3v) is 4.98. The molecule has 1 aromatic carbocycles. The molecule has 6 nitrogen and oxygen atoms in total. The first kappa shape index (κ1) is 19.4. The van der Waals surface area contributed by atoms with E-state index in [0.29, 0.717) is 13.1 Å². The molecular formula is C21H28N2O4. The van der Waals surface area contributed by atoms with Crippen LogP contribution in [-0.2, 0) is 25.5 Å². The van der Waals surface area contributed by atoms with Crippen molar-refractivity contribution >= 4 is 22.8 Å². The van der Waals surface area contributed by atoms with Gasteiger partial charge in [0.1, 0.15) is 0 Å². The number of fused-ring (bicyclic) bond motifs is 1. The summed E-state index contributed by atoms with van der Waals surface area (Å²) in [5.41, 5.74) is 4.01. The number of nitrogens with one attached hydrogen (secondary N) is 1. The smallest absolute Gasteiger partial charge is 0.311 e. The first-order chi connectivity index (χ1) is 12.7. The average Bonchev–Trinajstić information content (AvgIpc) is 2.88. The van der Waals surface area contributed by atoms with Crippen molar-refractivity contribution in [3.8, 4) is 0 Å². The summed E-state index contributed by atoms with van der Waals surface area (Å²) in [6.45, 7) is 10.5. The van der Waals surface area contributed by atoms with E-state index in [0.717, 1.165) is 27.7 Å². The number of rotatable bonds is 4. The van der Waals surface area contributed by atoms with Crippen molar-refractivity contribution in [1.29, 1.82) is 0 Å². The molecular weight excluding hydrogens is 344 g/mol. The van der Waals surface area contributed by atoms with E-state index >= 15 is 0 Å². The van der Waals surface area contributed by atoms with E-state index in [2.05, 4.69) is 11.1 Å². The molecule has 1 fully saturated rings. The predicted octanol–water partition coefficient (Wildman–Crippen LogP) is 2.89. The Balaban J connectivity index is 1.66. The predicted molar refractivity (Wildman–Crippen MR) is 104 cm³/mol. The van der Waals surface area contributed by atoms with Gasteiger partial charge in [0.25, 0.3) is 5.91 Å². The van der Waals surface area contributed by atoms with Gasteiger partial charge in [0.2, 0.25) is 0 Å². The van der Waals surface area contributed by atoms with E-state index in [9.17, 15) is 9.59 Å². The van der Waals surface area contributed by atoms with Gasteiger partial charge in [-0.25, -0.2) is 0 Å². The number of carbonyl (C=O) groups excluding carboxylic acids is 2. The van der Waals surface area contributed by atoms with Crippen molar-refractivity contribution in [2.24, 2.45) is 0 Å². The average molecular weight is 372 g/mol. The Kier molecular flexibility index (Phi) is 5.56. The van der Waals surface area contributed by atoms with Crippen LogP contribution in [0.3, 0.4) is 0 Å². The van der Waals surface area contributed by atoms with Gasteiger partial charge < -0.3 is 19.4 Å². The fraction of sp³-hybridized carbons (Fsp3) is 0.524. The molecule has 0 spiro atoms. The third-order valence-electron chi connectivity index (χ3n) is 4.98. The number of aromatic amines is 1. The number of hydrogen-bond acceptors (Lipinski definition) is 4. The Labute approximate surface area is 159 Å². The van der Waals surface area contributed by atoms with Crippen molar-refractivity contribution < 1.29 is 19.1 Å². The number of benzene rings is 1. The summed E-state index contributed by atoms with van der Waals surface area (Å²) in [4.78, 5) is 30.1. The van der Waals surface area contributed by atoms with Crippen LogP contribution < -0.4 is 0 Å². The van der Waals surface area contributed by atoms with E-state index in [1.54, 1.807) is 11.8 Å². The summed E-state index contributed by atoms with van der Waals surface area (Å²) in [5, 5.41) is 1.03. The maximum absolute atomic E-state index is 12.6. The highest BCUT2D eigenvalue weighted by Crippen LogP contribution is 2.24. The Morgan fingerprint density at radius 2 is 1.93 bits per heavy atom. The van der Waals surface area contributed by atoms with Crippen molar-refractivity contribution in [3.63, 3.8) is 0 Å². The maximum Gasteiger partial charge on any atom is 0.311 e. The number of ether oxygens (including phenoxy) is 2. The summed E-state index contributed by atoms with van der Waals surface area (Å²) >= 11 is 0. The number of hydrogen-bond donors (Lipinski definition) is 1. The Morgan fingerprint density at radius 1 is 1.26 bits per heavy atom. The minimum absolute atomic E-state index is 0.0160. The summed E-state index contributed by atoms with van der Waals surface area (Å²) in [5.74, 6) is -0.562. The lowest BCUT2D eigenvalue weighted by atomic mass is 10.1. The van der Waals surface area contributed by atoms with E-state index in [4.69, 9.17) is 9.47 Å². The number of nitrogens with zero attached hydrogens (tertiary/aromatic N) is 1. The second kappa shape index (κ2) is 7.72. The second-order valence-electron chi connectivity index (χ2n) is 7.59. The number of aryl methyl sites for hydroxylation is 2. The van der Waals surface area contributed by atoms with Crippen LogP contribution >= 0.6 is 0 Å². The molecule has 0 radical (unpaired) electrons. The van der Waals surface area contributed by atoms with Gasteiger partial charge in [-0.05, 0) is 52.3 Å². The van der Waals surface area contributed by atoms with Crippen molar-refractivity contribution in [1.82, 2.24) is 9.88 Å². The molecule has 1 aromatic heterocycles. The fourth-order valence-electron chi connectivity index (χ4n) is 3.77. The minimum atomic E-state index is -0.803. The molecule has 0 aliphatic carbocycles. The third kappa shape index (κ3) is 4.33. The molecule has 1 amide bonds. The molecule has 3 rings (SSSR count). The van der Waals surface area contributed by atoms with Gasteiger partial charge in [0.15, 0.2) is 6.10 Å². The molecule has 146 valence electrons. The molecule has 6 heteroatoms. The van der Waals surface area contributed by atoms with Crippen LogP contribution in [0.2, 0.25) is 0 Å². The first-order valence-corrected chi connectivity index (χ1v) is 9.46. The van der Waals surface area contributed by atoms with Gasteiger partial charge in [-0.1, -0.05) is 11.6 Å². The standard InChI is InChI=1S/C21H28N2O4/c1-12-6-7-19-18(8-12)17(15(4)22-19)9-20(24)27-16(5)21(25)23-10-13(2)26-14(3)11-23/h6-8,13-14,16,22H,9-11H2,1-5H3/t13-,14-,16-/m1/s1. The molecule has 1 saturated heterocycles. The van der Waals surface area contributed by atoms with E-state index in [1.807, 2.05) is 39.8 Å². The lowest BCUT2D eigenvalue weighted by Gasteiger charge is -2.36. The van der Waals surface area contributed by atoms with Crippen LogP contribution in [-0.4, -0.2) is 53.2 Å². The lowest BCUT2D eigenvalue weighted by Crippen LogP contribution is -2.51. The Bertz CT molecular complexity index is 847. The molecule has 1 aliphatic heterocycles. The van der Waals surface area contributed by atoms with Crippen LogP contribution in [0.15, 0.2) is 18.2 Å². The lowest BCUT2D eigenvalue weighted by molar-refractivity contribution is -0.164. The van der Waals surface area contributed by atoms with E-state index < -0.39 is 12.1 Å². The fourth-order valence-corrected chi connectivity index (χ4v) is 3.77. The van der Waals surface area contributed by atoms with Crippen molar-refractivity contribution in [2.75, 3.05) is 13.1 Å². The maximum atomic E-state index is 12.6. The molecule has 2 heterocycles. The van der Waals surface area contributed by atoms with Crippen LogP contribution in [0.4, 0.5) is 0 Å². The van der Waals surface area contributed by atoms with Crippen LogP contribution in [0.1, 0.15) is 37.6 Å². The van der Waals surface area contributed by atoms with Crippen molar-refractivity contribution in [3.05, 3.63) is 35.0 Å². The zero-order valence-corrected chi connectivity index (χ0v) is 16.7. The molecule has 3 atom stereocenters. The van der Waals surface area contributed by atoms with E-state index in [1.165, 1.54) is 0 Å². The van der Waals surface area contributed by atoms with Crippen LogP contribution in [0.5, 0.6) is 0 Å². The highest BCUT2D eigenvalue weighted by Gasteiger charge is 2.30. The quantitative estimate of drug-likeness (QED) is 0.838. The highest BCUT2D eigenvalue weighted by molar-refractivity contribution is 5.90. The monoisotopic (exact) mass is 372 g/mol. The van der Waals surface area contributed by atoms with Gasteiger partial charge in [-0.2, -0.15) is 0 Å². The molecule has 27 heavy (non-hydrogen) atoms. The number of H-pyrrole nitrogens is 1. The van der Waals surface area contributed by atoms with Gasteiger partial charge in [0.05, 0.1) is 18.6 Å². The molecule has 1 aliphatic rings. The van der Waals surface area contributed by atoms with Gasteiger partial charge >= 0.3 is 5.97 Å². The van der Waals surface area contributed by atoms with Gasteiger partial charge in [-0.15, -0.1) is 0 Å². The minimum Gasteiger partial charge on any atom is -0.452 e. The van der Waals surface area contributed by atoms with Gasteiger partial charge in [-0.3, -0.25) is 9.59 Å². The summed E-state index contributed by atoms with van der Waals surface area (Å²) in [7, 11) is 0. The Morgan fingerprint density at radius 3 is 2.59 bits per heavy atom. The summed E-state index contributed by atoms with van der Waals surface area (Å²) in [6, 6.07) is 6.11. The topological polar surface area (TPSA) is 71.6 Å². The highest BCUT2D eigenvalue weighted by atomic mass is 16.5. The number of carbonyl (C=O) groups is 2. The van der Waals surface area contributed by atoms with Crippen LogP contribution in [0.25, 0.3) is 10.9 Å². The SMILES string of the molecule is Cc1ccc2[nH]c(C)c(CC(=O)O[C@H](C)C(=O)N3C[C@@H](C)O[C@H](C)C3)c2c1. The van der Waals surface area contributed by atoms with Crippen LogP contribution in [0, 0.1) is 13.8 Å². The van der Waals surface area contributed by atoms with E-state index in [-0.39, 0.29) is 24.5 Å². The molecule has 1 N–H and O–H groups in total. The second-order valence-corrected chi connectivity index (χ2v) is 7.59. The normalized spacial score (nSPS) is 21.3.